The Hall–Kier alpha value is -0.373. The second-order valence-electron chi connectivity index (χ2n) is 5.65. The van der Waals surface area contributed by atoms with Crippen LogP contribution in [0.25, 0.3) is 0 Å². The molecule has 0 aromatic carbocycles. The molecule has 0 aromatic heterocycles. The van der Waals surface area contributed by atoms with Crippen molar-refractivity contribution in [3.8, 4) is 0 Å². The molecule has 0 rings (SSSR count). The number of rotatable bonds is 4. The Labute approximate surface area is 106 Å². The molecule has 3 nitrogen and oxygen atoms in total. The summed E-state index contributed by atoms with van der Waals surface area (Å²) >= 11 is 0. The van der Waals surface area contributed by atoms with Gasteiger partial charge in [0.25, 0.3) is 0 Å². The standard InChI is InChI=1S/C11H21F3O3Si/c1-10(2,3)18(4,5)17-7-8(6-9(15)16)11(12,13)14/h6,9,15-16H,7H2,1-5H3/b8-6-. The van der Waals surface area contributed by atoms with Gasteiger partial charge in [0.2, 0.25) is 0 Å². The quantitative estimate of drug-likeness (QED) is 0.474. The Morgan fingerprint density at radius 1 is 1.22 bits per heavy atom. The Bertz CT molecular complexity index is 304. The van der Waals surface area contributed by atoms with Crippen molar-refractivity contribution in [3.05, 3.63) is 11.6 Å². The first-order valence-electron chi connectivity index (χ1n) is 5.55. The minimum atomic E-state index is -4.62. The van der Waals surface area contributed by atoms with Crippen molar-refractivity contribution in [1.29, 1.82) is 0 Å². The Balaban J connectivity index is 4.86. The van der Waals surface area contributed by atoms with Gasteiger partial charge in [0.15, 0.2) is 14.6 Å². The highest BCUT2D eigenvalue weighted by Crippen LogP contribution is 2.37. The number of aliphatic hydroxyl groups excluding tert-OH is 1. The fraction of sp³-hybridized carbons (Fsp3) is 0.818. The summed E-state index contributed by atoms with van der Waals surface area (Å²) in [5, 5.41) is 17.0. The van der Waals surface area contributed by atoms with Gasteiger partial charge in [-0.3, -0.25) is 0 Å². The molecule has 0 unspecified atom stereocenters. The average molecular weight is 286 g/mol. The van der Waals surface area contributed by atoms with Crippen molar-refractivity contribution < 1.29 is 27.8 Å². The van der Waals surface area contributed by atoms with Crippen LogP contribution in [0.2, 0.25) is 18.1 Å². The maximum absolute atomic E-state index is 12.6. The fourth-order valence-corrected chi connectivity index (χ4v) is 1.83. The van der Waals surface area contributed by atoms with E-state index in [1.807, 2.05) is 33.9 Å². The Kier molecular flexibility index (Phi) is 5.61. The van der Waals surface area contributed by atoms with Gasteiger partial charge < -0.3 is 14.6 Å². The third-order valence-corrected chi connectivity index (χ3v) is 7.59. The molecule has 18 heavy (non-hydrogen) atoms. The molecule has 0 bridgehead atoms. The van der Waals surface area contributed by atoms with E-state index < -0.39 is 33.0 Å². The summed E-state index contributed by atoms with van der Waals surface area (Å²) < 4.78 is 43.2. The van der Waals surface area contributed by atoms with Crippen LogP contribution < -0.4 is 0 Å². The molecule has 0 aliphatic carbocycles. The van der Waals surface area contributed by atoms with E-state index in [0.717, 1.165) is 0 Å². The molecule has 0 saturated heterocycles. The summed E-state index contributed by atoms with van der Waals surface area (Å²) in [7, 11) is -2.30. The molecule has 0 radical (unpaired) electrons. The summed E-state index contributed by atoms with van der Waals surface area (Å²) in [6.45, 7) is 8.75. The van der Waals surface area contributed by atoms with Crippen LogP contribution in [0.5, 0.6) is 0 Å². The summed E-state index contributed by atoms with van der Waals surface area (Å²) in [6, 6.07) is 0. The van der Waals surface area contributed by atoms with E-state index in [9.17, 15) is 13.2 Å². The van der Waals surface area contributed by atoms with Crippen molar-refractivity contribution in [2.45, 2.75) is 51.4 Å². The summed E-state index contributed by atoms with van der Waals surface area (Å²) in [6.07, 6.45) is -6.40. The number of aliphatic hydroxyl groups is 2. The molecule has 7 heteroatoms. The van der Waals surface area contributed by atoms with Crippen molar-refractivity contribution in [2.24, 2.45) is 0 Å². The lowest BCUT2D eigenvalue weighted by atomic mass is 10.2. The van der Waals surface area contributed by atoms with Gasteiger partial charge in [0.1, 0.15) is 0 Å². The first kappa shape index (κ1) is 17.6. The third kappa shape index (κ3) is 5.51. The second kappa shape index (κ2) is 5.73. The minimum absolute atomic E-state index is 0.207. The number of halogens is 3. The topological polar surface area (TPSA) is 49.7 Å². The number of hydrogen-bond donors (Lipinski definition) is 2. The molecule has 0 heterocycles. The minimum Gasteiger partial charge on any atom is -0.413 e. The van der Waals surface area contributed by atoms with Crippen LogP contribution in [0.15, 0.2) is 11.6 Å². The highest BCUT2D eigenvalue weighted by molar-refractivity contribution is 6.74. The highest BCUT2D eigenvalue weighted by atomic mass is 28.4. The van der Waals surface area contributed by atoms with Crippen LogP contribution in [0.3, 0.4) is 0 Å². The predicted molar refractivity (Wildman–Crippen MR) is 65.5 cm³/mol. The van der Waals surface area contributed by atoms with Gasteiger partial charge in [-0.15, -0.1) is 0 Å². The number of hydrogen-bond acceptors (Lipinski definition) is 3. The van der Waals surface area contributed by atoms with Crippen LogP contribution in [0.1, 0.15) is 20.8 Å². The van der Waals surface area contributed by atoms with Crippen LogP contribution in [-0.4, -0.2) is 37.6 Å². The Morgan fingerprint density at radius 2 is 1.67 bits per heavy atom. The molecule has 0 fully saturated rings. The van der Waals surface area contributed by atoms with Gasteiger partial charge >= 0.3 is 6.18 Å². The lowest BCUT2D eigenvalue weighted by molar-refractivity contribution is -0.100. The summed E-state index contributed by atoms with van der Waals surface area (Å²) in [5.74, 6) is 0. The molecule has 108 valence electrons. The van der Waals surface area contributed by atoms with Crippen molar-refractivity contribution in [1.82, 2.24) is 0 Å². The molecule has 0 saturated carbocycles. The zero-order chi connectivity index (χ0) is 14.8. The van der Waals surface area contributed by atoms with Crippen molar-refractivity contribution >= 4 is 8.32 Å². The summed E-state index contributed by atoms with van der Waals surface area (Å²) in [5.41, 5.74) is -1.07. The maximum atomic E-state index is 12.6. The SMILES string of the molecule is CC(C)(C)[Si](C)(C)OC/C(=C/C(O)O)C(F)(F)F. The molecule has 0 aromatic rings. The van der Waals surface area contributed by atoms with Gasteiger partial charge in [0.05, 0.1) is 12.2 Å². The van der Waals surface area contributed by atoms with Gasteiger partial charge in [0, 0.05) is 0 Å². The van der Waals surface area contributed by atoms with Crippen LogP contribution in [0.4, 0.5) is 13.2 Å². The van der Waals surface area contributed by atoms with E-state index in [4.69, 9.17) is 14.6 Å². The van der Waals surface area contributed by atoms with E-state index in [-0.39, 0.29) is 5.04 Å². The number of alkyl halides is 3. The first-order valence-corrected chi connectivity index (χ1v) is 8.46. The maximum Gasteiger partial charge on any atom is 0.414 e. The van der Waals surface area contributed by atoms with E-state index in [0.29, 0.717) is 6.08 Å². The monoisotopic (exact) mass is 286 g/mol. The molecular formula is C11H21F3O3Si. The average Bonchev–Trinajstić information content (AvgIpc) is 2.07. The zero-order valence-corrected chi connectivity index (χ0v) is 12.3. The Morgan fingerprint density at radius 3 is 1.94 bits per heavy atom. The molecule has 0 atom stereocenters. The van der Waals surface area contributed by atoms with Crippen molar-refractivity contribution in [3.63, 3.8) is 0 Å². The molecule has 2 N–H and O–H groups in total. The van der Waals surface area contributed by atoms with E-state index >= 15 is 0 Å². The van der Waals surface area contributed by atoms with E-state index in [1.54, 1.807) is 0 Å². The van der Waals surface area contributed by atoms with Gasteiger partial charge in [-0.25, -0.2) is 0 Å². The van der Waals surface area contributed by atoms with E-state index in [2.05, 4.69) is 0 Å². The smallest absolute Gasteiger partial charge is 0.413 e. The molecule has 0 amide bonds. The van der Waals surface area contributed by atoms with E-state index in [1.165, 1.54) is 0 Å². The van der Waals surface area contributed by atoms with Crippen molar-refractivity contribution in [2.75, 3.05) is 6.61 Å². The third-order valence-electron chi connectivity index (χ3n) is 3.11. The van der Waals surface area contributed by atoms with Crippen LogP contribution in [-0.2, 0) is 4.43 Å². The zero-order valence-electron chi connectivity index (χ0n) is 11.3. The van der Waals surface area contributed by atoms with Gasteiger partial charge in [-0.05, 0) is 24.2 Å². The highest BCUT2D eigenvalue weighted by Gasteiger charge is 2.40. The predicted octanol–water partition coefficient (Wildman–Crippen LogP) is 2.81. The van der Waals surface area contributed by atoms with Crippen LogP contribution >= 0.6 is 0 Å². The fourth-order valence-electron chi connectivity index (χ4n) is 0.879. The van der Waals surface area contributed by atoms with Crippen LogP contribution in [0, 0.1) is 0 Å². The lowest BCUT2D eigenvalue weighted by Gasteiger charge is -2.36. The molecular weight excluding hydrogens is 265 g/mol. The van der Waals surface area contributed by atoms with Gasteiger partial charge in [-0.1, -0.05) is 20.8 Å². The largest absolute Gasteiger partial charge is 0.414 e. The first-order chi connectivity index (χ1) is 7.77. The second-order valence-corrected chi connectivity index (χ2v) is 10.5. The molecule has 0 aliphatic heterocycles. The normalized spacial score (nSPS) is 15.4. The molecule has 0 spiro atoms. The molecule has 0 aliphatic rings. The van der Waals surface area contributed by atoms with Gasteiger partial charge in [-0.2, -0.15) is 13.2 Å². The summed E-state index contributed by atoms with van der Waals surface area (Å²) in [4.78, 5) is 0. The lowest BCUT2D eigenvalue weighted by Crippen LogP contribution is -2.42.